The molecular formula is C9H12N2O3. The number of nitrogen functional groups attached to an aromatic ring is 1. The lowest BCUT2D eigenvalue weighted by Crippen LogP contribution is -2.08. The molecule has 0 amide bonds. The first-order chi connectivity index (χ1) is 6.65. The Morgan fingerprint density at radius 3 is 2.71 bits per heavy atom. The highest BCUT2D eigenvalue weighted by Crippen LogP contribution is 2.19. The molecule has 1 aromatic rings. The van der Waals surface area contributed by atoms with Crippen LogP contribution in [0, 0.1) is 0 Å². The minimum Gasteiger partial charge on any atom is -0.478 e. The van der Waals surface area contributed by atoms with Gasteiger partial charge in [0.15, 0.2) is 0 Å². The first kappa shape index (κ1) is 10.3. The number of nitrogens with two attached hydrogens (primary N) is 1. The van der Waals surface area contributed by atoms with Crippen molar-refractivity contribution in [3.63, 3.8) is 0 Å². The molecular weight excluding hydrogens is 184 g/mol. The summed E-state index contributed by atoms with van der Waals surface area (Å²) in [6.07, 6.45) is 0. The standard InChI is InChI=1S/C9H12N2O3/c10-7-5-6(9(13)14)1-2-8(7)11-3-4-12/h1-2,5,11-12H,3-4,10H2,(H,13,14). The van der Waals surface area contributed by atoms with Crippen LogP contribution in [0.15, 0.2) is 18.2 Å². The summed E-state index contributed by atoms with van der Waals surface area (Å²) in [5.74, 6) is -1.01. The lowest BCUT2D eigenvalue weighted by molar-refractivity contribution is 0.0697. The monoisotopic (exact) mass is 196 g/mol. The fourth-order valence-electron chi connectivity index (χ4n) is 1.05. The van der Waals surface area contributed by atoms with Crippen LogP contribution >= 0.6 is 0 Å². The molecule has 0 atom stereocenters. The lowest BCUT2D eigenvalue weighted by atomic mass is 10.2. The molecule has 0 aliphatic rings. The third-order valence-corrected chi connectivity index (χ3v) is 1.73. The van der Waals surface area contributed by atoms with E-state index in [1.807, 2.05) is 0 Å². The maximum atomic E-state index is 10.6. The van der Waals surface area contributed by atoms with E-state index in [0.717, 1.165) is 0 Å². The highest BCUT2D eigenvalue weighted by atomic mass is 16.4. The molecule has 5 nitrogen and oxygen atoms in total. The normalized spacial score (nSPS) is 9.79. The fourth-order valence-corrected chi connectivity index (χ4v) is 1.05. The highest BCUT2D eigenvalue weighted by Gasteiger charge is 2.05. The van der Waals surface area contributed by atoms with Crippen LogP contribution in [-0.2, 0) is 0 Å². The molecule has 0 saturated carbocycles. The van der Waals surface area contributed by atoms with Crippen molar-refractivity contribution in [2.45, 2.75) is 0 Å². The molecule has 0 bridgehead atoms. The highest BCUT2D eigenvalue weighted by molar-refractivity contribution is 5.90. The van der Waals surface area contributed by atoms with Gasteiger partial charge in [0.1, 0.15) is 0 Å². The Kier molecular flexibility index (Phi) is 3.30. The number of hydrogen-bond acceptors (Lipinski definition) is 4. The Balaban J connectivity index is 2.84. The Labute approximate surface area is 81.2 Å². The van der Waals surface area contributed by atoms with Gasteiger partial charge in [-0.1, -0.05) is 0 Å². The number of carboxylic acids is 1. The fraction of sp³-hybridized carbons (Fsp3) is 0.222. The first-order valence-electron chi connectivity index (χ1n) is 4.12. The second-order valence-corrected chi connectivity index (χ2v) is 2.76. The molecule has 0 unspecified atom stereocenters. The van der Waals surface area contributed by atoms with Gasteiger partial charge in [-0.25, -0.2) is 4.79 Å². The molecule has 76 valence electrons. The molecule has 0 aromatic heterocycles. The minimum absolute atomic E-state index is 0.000121. The predicted molar refractivity (Wildman–Crippen MR) is 53.4 cm³/mol. The van der Waals surface area contributed by atoms with Gasteiger partial charge < -0.3 is 21.3 Å². The molecule has 0 heterocycles. The van der Waals surface area contributed by atoms with Gasteiger partial charge in [0.2, 0.25) is 0 Å². The van der Waals surface area contributed by atoms with Gasteiger partial charge in [0.05, 0.1) is 23.5 Å². The van der Waals surface area contributed by atoms with E-state index in [2.05, 4.69) is 5.32 Å². The number of benzene rings is 1. The van der Waals surface area contributed by atoms with Gasteiger partial charge in [-0.3, -0.25) is 0 Å². The van der Waals surface area contributed by atoms with Crippen LogP contribution < -0.4 is 11.1 Å². The average molecular weight is 196 g/mol. The second-order valence-electron chi connectivity index (χ2n) is 2.76. The van der Waals surface area contributed by atoms with Crippen LogP contribution in [0.4, 0.5) is 11.4 Å². The molecule has 0 fully saturated rings. The number of aromatic carboxylic acids is 1. The molecule has 0 saturated heterocycles. The van der Waals surface area contributed by atoms with E-state index in [0.29, 0.717) is 17.9 Å². The van der Waals surface area contributed by atoms with E-state index < -0.39 is 5.97 Å². The van der Waals surface area contributed by atoms with Gasteiger partial charge in [0.25, 0.3) is 0 Å². The van der Waals surface area contributed by atoms with Crippen molar-refractivity contribution in [3.05, 3.63) is 23.8 Å². The van der Waals surface area contributed by atoms with Gasteiger partial charge in [-0.15, -0.1) is 0 Å². The Morgan fingerprint density at radius 1 is 1.50 bits per heavy atom. The molecule has 0 radical (unpaired) electrons. The van der Waals surface area contributed by atoms with Gasteiger partial charge in [0, 0.05) is 6.54 Å². The summed E-state index contributed by atoms with van der Waals surface area (Å²) in [6, 6.07) is 4.41. The van der Waals surface area contributed by atoms with E-state index in [9.17, 15) is 4.79 Å². The number of hydrogen-bond donors (Lipinski definition) is 4. The van der Waals surface area contributed by atoms with E-state index in [4.69, 9.17) is 15.9 Å². The topological polar surface area (TPSA) is 95.6 Å². The number of anilines is 2. The van der Waals surface area contributed by atoms with Gasteiger partial charge >= 0.3 is 5.97 Å². The number of aliphatic hydroxyl groups is 1. The zero-order valence-electron chi connectivity index (χ0n) is 7.53. The third-order valence-electron chi connectivity index (χ3n) is 1.73. The molecule has 0 aliphatic carbocycles. The maximum absolute atomic E-state index is 10.6. The second kappa shape index (κ2) is 4.48. The van der Waals surface area contributed by atoms with Crippen molar-refractivity contribution in [2.75, 3.05) is 24.2 Å². The summed E-state index contributed by atoms with van der Waals surface area (Å²) in [6.45, 7) is 0.386. The van der Waals surface area contributed by atoms with Crippen LogP contribution in [0.1, 0.15) is 10.4 Å². The average Bonchev–Trinajstić information content (AvgIpc) is 2.15. The van der Waals surface area contributed by atoms with Crippen molar-refractivity contribution in [1.29, 1.82) is 0 Å². The van der Waals surface area contributed by atoms with Crippen LogP contribution in [0.5, 0.6) is 0 Å². The van der Waals surface area contributed by atoms with Crippen LogP contribution in [0.2, 0.25) is 0 Å². The number of aliphatic hydroxyl groups excluding tert-OH is 1. The SMILES string of the molecule is Nc1cc(C(=O)O)ccc1NCCO. The quantitative estimate of drug-likeness (QED) is 0.522. The van der Waals surface area contributed by atoms with E-state index in [1.165, 1.54) is 12.1 Å². The Morgan fingerprint density at radius 2 is 2.21 bits per heavy atom. The van der Waals surface area contributed by atoms with E-state index in [1.54, 1.807) is 6.07 Å². The van der Waals surface area contributed by atoms with Gasteiger partial charge in [-0.05, 0) is 18.2 Å². The Hall–Kier alpha value is -1.75. The summed E-state index contributed by atoms with van der Waals surface area (Å²) in [7, 11) is 0. The van der Waals surface area contributed by atoms with Crippen molar-refractivity contribution < 1.29 is 15.0 Å². The minimum atomic E-state index is -1.01. The molecule has 0 spiro atoms. The summed E-state index contributed by atoms with van der Waals surface area (Å²) in [4.78, 5) is 10.6. The molecule has 5 N–H and O–H groups in total. The number of nitrogens with one attached hydrogen (secondary N) is 1. The number of rotatable bonds is 4. The van der Waals surface area contributed by atoms with Crippen LogP contribution in [0.3, 0.4) is 0 Å². The zero-order valence-corrected chi connectivity index (χ0v) is 7.53. The van der Waals surface area contributed by atoms with Gasteiger partial charge in [-0.2, -0.15) is 0 Å². The molecule has 5 heteroatoms. The van der Waals surface area contributed by atoms with Crippen LogP contribution in [0.25, 0.3) is 0 Å². The molecule has 1 rings (SSSR count). The number of carboxylic acid groups (broad SMARTS) is 1. The molecule has 14 heavy (non-hydrogen) atoms. The first-order valence-corrected chi connectivity index (χ1v) is 4.12. The van der Waals surface area contributed by atoms with Crippen molar-refractivity contribution >= 4 is 17.3 Å². The molecule has 0 aliphatic heterocycles. The van der Waals surface area contributed by atoms with E-state index >= 15 is 0 Å². The third kappa shape index (κ3) is 2.37. The van der Waals surface area contributed by atoms with Crippen molar-refractivity contribution in [3.8, 4) is 0 Å². The van der Waals surface area contributed by atoms with Crippen LogP contribution in [-0.4, -0.2) is 29.3 Å². The van der Waals surface area contributed by atoms with Crippen molar-refractivity contribution in [2.24, 2.45) is 0 Å². The van der Waals surface area contributed by atoms with E-state index in [-0.39, 0.29) is 12.2 Å². The Bertz CT molecular complexity index is 339. The summed E-state index contributed by atoms with van der Waals surface area (Å²) < 4.78 is 0. The number of carbonyl (C=O) groups is 1. The molecule has 1 aromatic carbocycles. The lowest BCUT2D eigenvalue weighted by Gasteiger charge is -2.08. The maximum Gasteiger partial charge on any atom is 0.335 e. The zero-order chi connectivity index (χ0) is 10.6. The summed E-state index contributed by atoms with van der Waals surface area (Å²) in [5, 5.41) is 20.1. The largest absolute Gasteiger partial charge is 0.478 e. The van der Waals surface area contributed by atoms with Crippen molar-refractivity contribution in [1.82, 2.24) is 0 Å². The summed E-state index contributed by atoms with van der Waals surface area (Å²) in [5.41, 5.74) is 6.73. The smallest absolute Gasteiger partial charge is 0.335 e. The summed E-state index contributed by atoms with van der Waals surface area (Å²) >= 11 is 0. The predicted octanol–water partition coefficient (Wildman–Crippen LogP) is 0.371.